The van der Waals surface area contributed by atoms with Crippen LogP contribution < -0.4 is 10.0 Å². The molecular weight excluding hydrogens is 468 g/mol. The Morgan fingerprint density at radius 1 is 0.933 bits per heavy atom. The van der Waals surface area contributed by atoms with Gasteiger partial charge < -0.3 is 5.11 Å². The van der Waals surface area contributed by atoms with E-state index in [0.717, 1.165) is 4.47 Å². The Hall–Kier alpha value is -2.52. The molecule has 3 aromatic carbocycles. The summed E-state index contributed by atoms with van der Waals surface area (Å²) in [6, 6.07) is 19.5. The van der Waals surface area contributed by atoms with Crippen LogP contribution in [-0.2, 0) is 20.4 Å². The van der Waals surface area contributed by atoms with Crippen molar-refractivity contribution in [2.75, 3.05) is 4.90 Å². The van der Waals surface area contributed by atoms with E-state index in [1.165, 1.54) is 29.2 Å². The van der Waals surface area contributed by atoms with Crippen molar-refractivity contribution in [2.45, 2.75) is 24.3 Å². The van der Waals surface area contributed by atoms with E-state index in [4.69, 9.17) is 5.14 Å². The Balaban J connectivity index is 0.00000124. The Morgan fingerprint density at radius 3 is 2.07 bits per heavy atom. The number of hydrogen-bond donors (Lipinski definition) is 2. The van der Waals surface area contributed by atoms with E-state index in [1.807, 2.05) is 26.0 Å². The molecule has 30 heavy (non-hydrogen) atoms. The predicted molar refractivity (Wildman–Crippen MR) is 120 cm³/mol. The second-order valence-corrected chi connectivity index (χ2v) is 8.89. The Kier molecular flexibility index (Phi) is 6.14. The molecule has 0 radical (unpaired) electrons. The van der Waals surface area contributed by atoms with E-state index >= 15 is 0 Å². The SMILES string of the molecule is CC.NS(=O)(=O)c1ccc(C2(O)C(=O)N(c3ccc(Br)cc3)c3ccccc32)cc1. The fourth-order valence-corrected chi connectivity index (χ4v) is 4.15. The summed E-state index contributed by atoms with van der Waals surface area (Å²) < 4.78 is 23.9. The van der Waals surface area contributed by atoms with Gasteiger partial charge in [0.15, 0.2) is 5.60 Å². The van der Waals surface area contributed by atoms with Gasteiger partial charge in [-0.3, -0.25) is 9.69 Å². The zero-order valence-electron chi connectivity index (χ0n) is 16.4. The van der Waals surface area contributed by atoms with Gasteiger partial charge in [0.2, 0.25) is 10.0 Å². The van der Waals surface area contributed by atoms with Crippen molar-refractivity contribution >= 4 is 43.2 Å². The lowest BCUT2D eigenvalue weighted by atomic mass is 9.87. The molecule has 1 unspecified atom stereocenters. The molecule has 1 atom stereocenters. The number of hydrogen-bond acceptors (Lipinski definition) is 4. The molecule has 156 valence electrons. The van der Waals surface area contributed by atoms with Gasteiger partial charge in [-0.2, -0.15) is 0 Å². The number of rotatable bonds is 3. The van der Waals surface area contributed by atoms with Crippen LogP contribution in [0.4, 0.5) is 11.4 Å². The van der Waals surface area contributed by atoms with E-state index in [9.17, 15) is 18.3 Å². The quantitative estimate of drug-likeness (QED) is 0.580. The van der Waals surface area contributed by atoms with Gasteiger partial charge in [0.1, 0.15) is 0 Å². The van der Waals surface area contributed by atoms with Gasteiger partial charge in [0.25, 0.3) is 5.91 Å². The zero-order chi connectivity index (χ0) is 22.1. The molecule has 8 heteroatoms. The summed E-state index contributed by atoms with van der Waals surface area (Å²) in [6.45, 7) is 4.00. The molecule has 0 fully saturated rings. The number of fused-ring (bicyclic) bond motifs is 1. The number of sulfonamides is 1. The summed E-state index contributed by atoms with van der Waals surface area (Å²) in [5.41, 5.74) is -0.0885. The number of carbonyl (C=O) groups excluding carboxylic acids is 1. The van der Waals surface area contributed by atoms with Crippen molar-refractivity contribution in [2.24, 2.45) is 5.14 Å². The lowest BCUT2D eigenvalue weighted by Gasteiger charge is -2.24. The van der Waals surface area contributed by atoms with Crippen LogP contribution >= 0.6 is 15.9 Å². The van der Waals surface area contributed by atoms with Crippen LogP contribution in [0.1, 0.15) is 25.0 Å². The van der Waals surface area contributed by atoms with Crippen LogP contribution in [0.3, 0.4) is 0 Å². The molecule has 1 aliphatic heterocycles. The van der Waals surface area contributed by atoms with E-state index in [-0.39, 0.29) is 10.5 Å². The number of nitrogens with zero attached hydrogens (tertiary/aromatic N) is 1. The van der Waals surface area contributed by atoms with Crippen molar-refractivity contribution in [1.29, 1.82) is 0 Å². The summed E-state index contributed by atoms with van der Waals surface area (Å²) in [7, 11) is -3.88. The highest BCUT2D eigenvalue weighted by molar-refractivity contribution is 9.10. The molecule has 1 amide bonds. The summed E-state index contributed by atoms with van der Waals surface area (Å²) in [5.74, 6) is -0.542. The molecule has 1 aliphatic rings. The van der Waals surface area contributed by atoms with Gasteiger partial charge in [-0.25, -0.2) is 13.6 Å². The maximum absolute atomic E-state index is 13.4. The molecule has 0 aromatic heterocycles. The van der Waals surface area contributed by atoms with Crippen LogP contribution in [-0.4, -0.2) is 19.4 Å². The van der Waals surface area contributed by atoms with E-state index in [0.29, 0.717) is 16.9 Å². The third-order valence-corrected chi connectivity index (χ3v) is 6.19. The molecule has 3 aromatic rings. The number of nitrogens with two attached hydrogens (primary N) is 1. The van der Waals surface area contributed by atoms with Crippen molar-refractivity contribution in [3.63, 3.8) is 0 Å². The van der Waals surface area contributed by atoms with E-state index in [1.54, 1.807) is 36.4 Å². The van der Waals surface area contributed by atoms with Gasteiger partial charge in [0.05, 0.1) is 10.6 Å². The molecule has 3 N–H and O–H groups in total. The van der Waals surface area contributed by atoms with Crippen LogP contribution in [0.25, 0.3) is 0 Å². The second kappa shape index (κ2) is 8.31. The van der Waals surface area contributed by atoms with E-state index in [2.05, 4.69) is 15.9 Å². The molecule has 0 saturated carbocycles. The minimum atomic E-state index is -3.88. The van der Waals surface area contributed by atoms with Gasteiger partial charge in [-0.05, 0) is 48.0 Å². The first-order chi connectivity index (χ1) is 14.2. The van der Waals surface area contributed by atoms with Gasteiger partial charge in [-0.15, -0.1) is 0 Å². The monoisotopic (exact) mass is 488 g/mol. The van der Waals surface area contributed by atoms with Crippen LogP contribution in [0, 0.1) is 0 Å². The smallest absolute Gasteiger partial charge is 0.273 e. The molecule has 1 heterocycles. The topological polar surface area (TPSA) is 101 Å². The summed E-state index contributed by atoms with van der Waals surface area (Å²) in [4.78, 5) is 14.7. The van der Waals surface area contributed by atoms with Gasteiger partial charge >= 0.3 is 0 Å². The largest absolute Gasteiger partial charge is 0.372 e. The first-order valence-corrected chi connectivity index (χ1v) is 11.6. The Labute approximate surface area is 184 Å². The summed E-state index contributed by atoms with van der Waals surface area (Å²) in [5, 5.41) is 16.6. The van der Waals surface area contributed by atoms with Crippen molar-refractivity contribution in [3.8, 4) is 0 Å². The van der Waals surface area contributed by atoms with E-state index < -0.39 is 21.5 Å². The standard InChI is InChI=1S/C20H15BrN2O4S.C2H6/c21-14-7-9-15(10-8-14)23-18-4-2-1-3-17(18)20(25,19(23)24)13-5-11-16(12-6-13)28(22,26)27;1-2/h1-12,25H,(H2,22,26,27);1-2H3. The van der Waals surface area contributed by atoms with Gasteiger partial charge in [-0.1, -0.05) is 60.1 Å². The number of halogens is 1. The molecule has 6 nitrogen and oxygen atoms in total. The van der Waals surface area contributed by atoms with Crippen LogP contribution in [0.2, 0.25) is 0 Å². The number of aliphatic hydroxyl groups is 1. The molecule has 0 spiro atoms. The highest BCUT2D eigenvalue weighted by atomic mass is 79.9. The number of amides is 1. The zero-order valence-corrected chi connectivity index (χ0v) is 18.8. The highest BCUT2D eigenvalue weighted by Gasteiger charge is 2.51. The first kappa shape index (κ1) is 22.2. The number of primary sulfonamides is 1. The third-order valence-electron chi connectivity index (χ3n) is 4.73. The fraction of sp³-hybridized carbons (Fsp3) is 0.136. The minimum Gasteiger partial charge on any atom is -0.372 e. The lowest BCUT2D eigenvalue weighted by Crippen LogP contribution is -2.39. The average molecular weight is 489 g/mol. The number of carbonyl (C=O) groups is 1. The molecular formula is C22H21BrN2O4S. The number of anilines is 2. The first-order valence-electron chi connectivity index (χ1n) is 9.28. The molecule has 4 rings (SSSR count). The maximum atomic E-state index is 13.4. The molecule has 0 aliphatic carbocycles. The predicted octanol–water partition coefficient (Wildman–Crippen LogP) is 4.04. The second-order valence-electron chi connectivity index (χ2n) is 6.41. The van der Waals surface area contributed by atoms with Crippen LogP contribution in [0.5, 0.6) is 0 Å². The summed E-state index contributed by atoms with van der Waals surface area (Å²) in [6.07, 6.45) is 0. The fourth-order valence-electron chi connectivity index (χ4n) is 3.37. The van der Waals surface area contributed by atoms with Crippen molar-refractivity contribution in [3.05, 3.63) is 88.4 Å². The molecule has 0 bridgehead atoms. The number of para-hydroxylation sites is 1. The van der Waals surface area contributed by atoms with Crippen molar-refractivity contribution in [1.82, 2.24) is 0 Å². The Morgan fingerprint density at radius 2 is 1.50 bits per heavy atom. The minimum absolute atomic E-state index is 0.0941. The van der Waals surface area contributed by atoms with Gasteiger partial charge in [0, 0.05) is 15.7 Å². The van der Waals surface area contributed by atoms with Crippen LogP contribution in [0.15, 0.2) is 82.2 Å². The Bertz CT molecular complexity index is 1180. The van der Waals surface area contributed by atoms with Crippen molar-refractivity contribution < 1.29 is 18.3 Å². The normalized spacial score (nSPS) is 17.9. The maximum Gasteiger partial charge on any atom is 0.273 e. The highest BCUT2D eigenvalue weighted by Crippen LogP contribution is 2.47. The number of benzene rings is 3. The third kappa shape index (κ3) is 3.67. The summed E-state index contributed by atoms with van der Waals surface area (Å²) >= 11 is 3.37. The average Bonchev–Trinajstić information content (AvgIpc) is 2.98. The lowest BCUT2D eigenvalue weighted by molar-refractivity contribution is -0.131. The molecule has 0 saturated heterocycles.